The van der Waals surface area contributed by atoms with E-state index in [2.05, 4.69) is 5.32 Å². The van der Waals surface area contributed by atoms with Gasteiger partial charge in [0.25, 0.3) is 5.91 Å². The monoisotopic (exact) mass is 402 g/mol. The number of hydrogen-bond donors (Lipinski definition) is 1. The lowest BCUT2D eigenvalue weighted by molar-refractivity contribution is -0.124. The zero-order valence-corrected chi connectivity index (χ0v) is 16.9. The van der Waals surface area contributed by atoms with Crippen LogP contribution in [0.25, 0.3) is 0 Å². The maximum absolute atomic E-state index is 12.8. The Bertz CT molecular complexity index is 714. The molecule has 0 aromatic heterocycles. The van der Waals surface area contributed by atoms with Crippen LogP contribution in [0.1, 0.15) is 46.0 Å². The van der Waals surface area contributed by atoms with E-state index in [0.717, 1.165) is 25.7 Å². The second-order valence-electron chi connectivity index (χ2n) is 6.37. The molecule has 0 spiro atoms. The van der Waals surface area contributed by atoms with E-state index in [4.69, 9.17) is 16.3 Å². The molecule has 0 saturated heterocycles. The van der Waals surface area contributed by atoms with Gasteiger partial charge in [0.2, 0.25) is 10.0 Å². The van der Waals surface area contributed by atoms with Crippen LogP contribution in [0.2, 0.25) is 5.02 Å². The van der Waals surface area contributed by atoms with E-state index in [1.807, 2.05) is 0 Å². The van der Waals surface area contributed by atoms with E-state index in [-0.39, 0.29) is 29.2 Å². The lowest BCUT2D eigenvalue weighted by atomic mass is 9.95. The highest BCUT2D eigenvalue weighted by atomic mass is 35.5. The van der Waals surface area contributed by atoms with Gasteiger partial charge in [0, 0.05) is 24.2 Å². The molecule has 0 atom stereocenters. The molecule has 1 fully saturated rings. The molecule has 8 heteroatoms. The third-order valence-corrected chi connectivity index (χ3v) is 6.86. The molecule has 26 heavy (non-hydrogen) atoms. The first-order valence-corrected chi connectivity index (χ1v) is 10.9. The standard InChI is InChI=1S/C18H27ClN2O4S/c1-3-21(4-2)26(23,24)17-12-14(19)10-11-16(17)25-13-18(22)20-15-8-6-5-7-9-15/h10-12,15H,3-9,13H2,1-2H3,(H,20,22). The van der Waals surface area contributed by atoms with Crippen LogP contribution in [0.15, 0.2) is 23.1 Å². The van der Waals surface area contributed by atoms with E-state index >= 15 is 0 Å². The van der Waals surface area contributed by atoms with Gasteiger partial charge >= 0.3 is 0 Å². The number of carbonyl (C=O) groups is 1. The average molecular weight is 403 g/mol. The number of amides is 1. The maximum atomic E-state index is 12.8. The summed E-state index contributed by atoms with van der Waals surface area (Å²) in [6, 6.07) is 4.59. The molecule has 146 valence electrons. The zero-order valence-electron chi connectivity index (χ0n) is 15.3. The summed E-state index contributed by atoms with van der Waals surface area (Å²) in [6.07, 6.45) is 5.41. The summed E-state index contributed by atoms with van der Waals surface area (Å²) < 4.78 is 32.5. The first-order chi connectivity index (χ1) is 12.4. The van der Waals surface area contributed by atoms with Crippen LogP contribution in [-0.4, -0.2) is 44.4 Å². The minimum absolute atomic E-state index is 0.0147. The fourth-order valence-corrected chi connectivity index (χ4v) is 5.02. The highest BCUT2D eigenvalue weighted by Gasteiger charge is 2.26. The number of sulfonamides is 1. The van der Waals surface area contributed by atoms with Crippen molar-refractivity contribution in [1.82, 2.24) is 9.62 Å². The summed E-state index contributed by atoms with van der Waals surface area (Å²) in [6.45, 7) is 3.99. The number of ether oxygens (including phenoxy) is 1. The summed E-state index contributed by atoms with van der Waals surface area (Å²) in [5, 5.41) is 3.25. The highest BCUT2D eigenvalue weighted by Crippen LogP contribution is 2.30. The van der Waals surface area contributed by atoms with Crippen molar-refractivity contribution >= 4 is 27.5 Å². The third-order valence-electron chi connectivity index (χ3n) is 4.56. The molecule has 1 aliphatic rings. The second-order valence-corrected chi connectivity index (χ2v) is 8.71. The van der Waals surface area contributed by atoms with Crippen molar-refractivity contribution in [2.45, 2.75) is 56.9 Å². The van der Waals surface area contributed by atoms with Gasteiger partial charge in [-0.2, -0.15) is 4.31 Å². The molecular formula is C18H27ClN2O4S. The van der Waals surface area contributed by atoms with Crippen molar-refractivity contribution in [3.63, 3.8) is 0 Å². The van der Waals surface area contributed by atoms with Crippen LogP contribution in [-0.2, 0) is 14.8 Å². The number of nitrogens with zero attached hydrogens (tertiary/aromatic N) is 1. The Morgan fingerprint density at radius 1 is 1.23 bits per heavy atom. The van der Waals surface area contributed by atoms with Gasteiger partial charge in [-0.1, -0.05) is 44.7 Å². The largest absolute Gasteiger partial charge is 0.482 e. The van der Waals surface area contributed by atoms with Gasteiger partial charge in [-0.05, 0) is 31.0 Å². The van der Waals surface area contributed by atoms with Crippen LogP contribution < -0.4 is 10.1 Å². The first-order valence-electron chi connectivity index (χ1n) is 9.10. The molecule has 1 N–H and O–H groups in total. The van der Waals surface area contributed by atoms with Crippen LogP contribution in [0.5, 0.6) is 5.75 Å². The molecule has 6 nitrogen and oxygen atoms in total. The van der Waals surface area contributed by atoms with Crippen molar-refractivity contribution in [2.24, 2.45) is 0 Å². The summed E-state index contributed by atoms with van der Waals surface area (Å²) in [4.78, 5) is 12.1. The van der Waals surface area contributed by atoms with Crippen LogP contribution >= 0.6 is 11.6 Å². The Kier molecular flexibility index (Phi) is 7.73. The van der Waals surface area contributed by atoms with E-state index in [0.29, 0.717) is 18.1 Å². The van der Waals surface area contributed by atoms with Crippen LogP contribution in [0, 0.1) is 0 Å². The first kappa shape index (κ1) is 21.0. The van der Waals surface area contributed by atoms with Crippen molar-refractivity contribution in [2.75, 3.05) is 19.7 Å². The van der Waals surface area contributed by atoms with Crippen molar-refractivity contribution in [3.05, 3.63) is 23.2 Å². The Balaban J connectivity index is 2.10. The van der Waals surface area contributed by atoms with E-state index in [9.17, 15) is 13.2 Å². The number of halogens is 1. The summed E-state index contributed by atoms with van der Waals surface area (Å²) >= 11 is 5.99. The van der Waals surface area contributed by atoms with Gasteiger partial charge in [0.05, 0.1) is 0 Å². The van der Waals surface area contributed by atoms with Gasteiger partial charge in [-0.15, -0.1) is 0 Å². The summed E-state index contributed by atoms with van der Waals surface area (Å²) in [7, 11) is -3.74. The molecule has 0 radical (unpaired) electrons. The minimum atomic E-state index is -3.74. The molecule has 0 bridgehead atoms. The second kappa shape index (κ2) is 9.58. The van der Waals surface area contributed by atoms with Crippen LogP contribution in [0.3, 0.4) is 0 Å². The van der Waals surface area contributed by atoms with E-state index in [1.54, 1.807) is 19.9 Å². The Hall–Kier alpha value is -1.31. The zero-order chi connectivity index (χ0) is 19.2. The molecule has 0 heterocycles. The maximum Gasteiger partial charge on any atom is 0.258 e. The topological polar surface area (TPSA) is 75.7 Å². The van der Waals surface area contributed by atoms with Gasteiger partial charge in [-0.3, -0.25) is 4.79 Å². The van der Waals surface area contributed by atoms with E-state index < -0.39 is 10.0 Å². The van der Waals surface area contributed by atoms with Crippen molar-refractivity contribution in [3.8, 4) is 5.75 Å². The van der Waals surface area contributed by atoms with Gasteiger partial charge in [0.1, 0.15) is 10.6 Å². The summed E-state index contributed by atoms with van der Waals surface area (Å²) in [5.74, 6) is -0.0990. The normalized spacial score (nSPS) is 15.8. The van der Waals surface area contributed by atoms with Gasteiger partial charge < -0.3 is 10.1 Å². The fraction of sp³-hybridized carbons (Fsp3) is 0.611. The van der Waals surface area contributed by atoms with Gasteiger partial charge in [0.15, 0.2) is 6.61 Å². The van der Waals surface area contributed by atoms with Crippen LogP contribution in [0.4, 0.5) is 0 Å². The number of rotatable bonds is 8. The molecule has 0 unspecified atom stereocenters. The average Bonchev–Trinajstić information content (AvgIpc) is 2.62. The quantitative estimate of drug-likeness (QED) is 0.724. The molecule has 1 amide bonds. The predicted octanol–water partition coefficient (Wildman–Crippen LogP) is 3.20. The Morgan fingerprint density at radius 2 is 1.88 bits per heavy atom. The lowest BCUT2D eigenvalue weighted by Crippen LogP contribution is -2.39. The summed E-state index contributed by atoms with van der Waals surface area (Å²) in [5.41, 5.74) is 0. The number of benzene rings is 1. The lowest BCUT2D eigenvalue weighted by Gasteiger charge is -2.23. The molecule has 1 aromatic carbocycles. The van der Waals surface area contributed by atoms with E-state index in [1.165, 1.54) is 22.9 Å². The fourth-order valence-electron chi connectivity index (χ4n) is 3.16. The Labute approximate surface area is 160 Å². The predicted molar refractivity (Wildman–Crippen MR) is 102 cm³/mol. The third kappa shape index (κ3) is 5.34. The molecular weight excluding hydrogens is 376 g/mol. The van der Waals surface area contributed by atoms with Crippen molar-refractivity contribution < 1.29 is 17.9 Å². The number of nitrogens with one attached hydrogen (secondary N) is 1. The number of hydrogen-bond acceptors (Lipinski definition) is 4. The molecule has 1 saturated carbocycles. The molecule has 0 aliphatic heterocycles. The molecule has 1 aromatic rings. The number of carbonyl (C=O) groups excluding carboxylic acids is 1. The van der Waals surface area contributed by atoms with Gasteiger partial charge in [-0.25, -0.2) is 8.42 Å². The van der Waals surface area contributed by atoms with Crippen molar-refractivity contribution in [1.29, 1.82) is 0 Å². The highest BCUT2D eigenvalue weighted by molar-refractivity contribution is 7.89. The smallest absolute Gasteiger partial charge is 0.258 e. The molecule has 2 rings (SSSR count). The minimum Gasteiger partial charge on any atom is -0.482 e. The molecule has 1 aliphatic carbocycles. The SMILES string of the molecule is CCN(CC)S(=O)(=O)c1cc(Cl)ccc1OCC(=O)NC1CCCCC1. The Morgan fingerprint density at radius 3 is 2.50 bits per heavy atom.